The summed E-state index contributed by atoms with van der Waals surface area (Å²) in [5, 5.41) is 0. The summed E-state index contributed by atoms with van der Waals surface area (Å²) in [7, 11) is 0. The van der Waals surface area contributed by atoms with E-state index in [2.05, 4.69) is 29.2 Å². The Labute approximate surface area is 312 Å². The van der Waals surface area contributed by atoms with Gasteiger partial charge in [-0.05, 0) is 69.2 Å². The molecule has 1 unspecified atom stereocenters. The summed E-state index contributed by atoms with van der Waals surface area (Å²) in [5.74, 6) is -2.58. The first-order chi connectivity index (χ1) is 25.5. The maximum absolute atomic E-state index is 13.0. The van der Waals surface area contributed by atoms with Crippen molar-refractivity contribution in [3.63, 3.8) is 0 Å². The Bertz CT molecular complexity index is 1670. The number of hydrogen-bond acceptors (Lipinski definition) is 9. The number of ether oxygens (including phenoxy) is 1. The summed E-state index contributed by atoms with van der Waals surface area (Å²) in [4.78, 5) is 75.1. The van der Waals surface area contributed by atoms with Crippen molar-refractivity contribution in [1.82, 2.24) is 9.80 Å². The quantitative estimate of drug-likeness (QED) is 0.0481. The molecule has 0 spiro atoms. The molecule has 2 aliphatic heterocycles. The predicted octanol–water partition coefficient (Wildman–Crippen LogP) is 6.93. The van der Waals surface area contributed by atoms with Gasteiger partial charge in [0, 0.05) is 43.8 Å². The molecule has 2 aliphatic rings. The number of Topliss-reactive ketones (excluding diaryl/α,β-unsaturated/α-hetero) is 1. The molecule has 1 saturated heterocycles. The average molecular weight is 723 g/mol. The van der Waals surface area contributed by atoms with Gasteiger partial charge in [0.05, 0.1) is 17.4 Å². The summed E-state index contributed by atoms with van der Waals surface area (Å²) in [6, 6.07) is 27.6. The van der Waals surface area contributed by atoms with Crippen LogP contribution in [0.4, 0.5) is 0 Å². The third-order valence-corrected chi connectivity index (χ3v) is 10.2. The van der Waals surface area contributed by atoms with Gasteiger partial charge < -0.3 is 9.64 Å². The Hall–Kier alpha value is -4.93. The third kappa shape index (κ3) is 10.8. The number of amides is 2. The molecule has 10 heteroatoms. The number of imide groups is 1. The zero-order valence-electron chi connectivity index (χ0n) is 30.9. The second-order valence-electron chi connectivity index (χ2n) is 14.4. The number of ketones is 1. The SMILES string of the molecule is CC(CCCCN1C(=O)C=CC1=O)C(=O)OOC(=O)C(C)(C)c1ccc(C(=O)CCCN2CCC(OC(c3ccccc3)c3ccccc3)CC2)cc1. The van der Waals surface area contributed by atoms with E-state index in [1.54, 1.807) is 45.0 Å². The van der Waals surface area contributed by atoms with Crippen LogP contribution in [0.25, 0.3) is 0 Å². The van der Waals surface area contributed by atoms with Gasteiger partial charge in [0.2, 0.25) is 0 Å². The fourth-order valence-electron chi connectivity index (χ4n) is 6.62. The van der Waals surface area contributed by atoms with Crippen LogP contribution in [0.3, 0.4) is 0 Å². The summed E-state index contributed by atoms with van der Waals surface area (Å²) < 4.78 is 6.68. The van der Waals surface area contributed by atoms with E-state index in [-0.39, 0.29) is 36.4 Å². The van der Waals surface area contributed by atoms with Crippen LogP contribution < -0.4 is 0 Å². The maximum Gasteiger partial charge on any atom is 0.365 e. The highest BCUT2D eigenvalue weighted by Gasteiger charge is 2.34. The van der Waals surface area contributed by atoms with Crippen molar-refractivity contribution in [2.24, 2.45) is 5.92 Å². The van der Waals surface area contributed by atoms with Crippen LogP contribution in [0.2, 0.25) is 0 Å². The lowest BCUT2D eigenvalue weighted by molar-refractivity contribution is -0.265. The Morgan fingerprint density at radius 2 is 1.34 bits per heavy atom. The molecule has 53 heavy (non-hydrogen) atoms. The molecular formula is C43H50N2O8. The van der Waals surface area contributed by atoms with E-state index in [0.717, 1.165) is 54.9 Å². The van der Waals surface area contributed by atoms with Crippen LogP contribution in [0.1, 0.15) is 98.9 Å². The number of piperidine rings is 1. The second-order valence-corrected chi connectivity index (χ2v) is 14.4. The number of rotatable bonds is 17. The lowest BCUT2D eigenvalue weighted by Gasteiger charge is -2.34. The van der Waals surface area contributed by atoms with Gasteiger partial charge in [-0.2, -0.15) is 0 Å². The molecule has 0 N–H and O–H groups in total. The molecule has 2 amide bonds. The zero-order valence-corrected chi connectivity index (χ0v) is 30.9. The molecule has 5 rings (SSSR count). The number of benzene rings is 3. The number of unbranched alkanes of at least 4 members (excludes halogenated alkanes) is 1. The van der Waals surface area contributed by atoms with Crippen LogP contribution in [-0.2, 0) is 39.1 Å². The lowest BCUT2D eigenvalue weighted by Crippen LogP contribution is -2.38. The van der Waals surface area contributed by atoms with E-state index in [0.29, 0.717) is 36.8 Å². The van der Waals surface area contributed by atoms with E-state index in [1.165, 1.54) is 12.2 Å². The first-order valence-corrected chi connectivity index (χ1v) is 18.6. The van der Waals surface area contributed by atoms with Crippen molar-refractivity contribution in [2.45, 2.75) is 83.3 Å². The van der Waals surface area contributed by atoms with Crippen LogP contribution in [0, 0.1) is 5.92 Å². The fourth-order valence-corrected chi connectivity index (χ4v) is 6.62. The Morgan fingerprint density at radius 3 is 1.92 bits per heavy atom. The molecule has 0 aliphatic carbocycles. The summed E-state index contributed by atoms with van der Waals surface area (Å²) in [6.07, 6.45) is 7.16. The molecule has 3 aromatic rings. The van der Waals surface area contributed by atoms with Gasteiger partial charge in [-0.15, -0.1) is 0 Å². The van der Waals surface area contributed by atoms with Crippen LogP contribution >= 0.6 is 0 Å². The number of likely N-dealkylation sites (tertiary alicyclic amines) is 1. The molecule has 2 heterocycles. The molecule has 0 radical (unpaired) electrons. The van der Waals surface area contributed by atoms with Crippen molar-refractivity contribution >= 4 is 29.5 Å². The lowest BCUT2D eigenvalue weighted by atomic mass is 9.84. The van der Waals surface area contributed by atoms with Crippen LogP contribution in [-0.4, -0.2) is 71.6 Å². The molecule has 0 bridgehead atoms. The standard InChI is InChI=1S/C43H50N2O8/c1-31(13-10-11-28-45-38(47)23-24-39(45)48)41(49)52-53-42(50)43(2,3)35-21-19-32(20-22-35)37(46)18-12-27-44-29-25-36(26-30-44)51-40(33-14-6-4-7-15-33)34-16-8-5-9-17-34/h4-9,14-17,19-24,31,36,40H,10-13,18,25-30H2,1-3H3. The molecule has 280 valence electrons. The monoisotopic (exact) mass is 722 g/mol. The van der Waals surface area contributed by atoms with E-state index >= 15 is 0 Å². The maximum atomic E-state index is 13.0. The number of carbonyl (C=O) groups excluding carboxylic acids is 5. The molecule has 1 atom stereocenters. The van der Waals surface area contributed by atoms with Crippen LogP contribution in [0.15, 0.2) is 97.1 Å². The molecule has 0 aromatic heterocycles. The fraction of sp³-hybridized carbons (Fsp3) is 0.419. The molecule has 1 fully saturated rings. The highest BCUT2D eigenvalue weighted by atomic mass is 17.2. The molecule has 10 nitrogen and oxygen atoms in total. The third-order valence-electron chi connectivity index (χ3n) is 10.2. The Balaban J connectivity index is 0.996. The summed E-state index contributed by atoms with van der Waals surface area (Å²) >= 11 is 0. The highest BCUT2D eigenvalue weighted by Crippen LogP contribution is 2.30. The van der Waals surface area contributed by atoms with Gasteiger partial charge >= 0.3 is 11.9 Å². The topological polar surface area (TPSA) is 120 Å². The highest BCUT2D eigenvalue weighted by molar-refractivity contribution is 6.12. The average Bonchev–Trinajstić information content (AvgIpc) is 3.51. The normalized spacial score (nSPS) is 15.9. The van der Waals surface area contributed by atoms with Gasteiger partial charge in [0.15, 0.2) is 5.78 Å². The van der Waals surface area contributed by atoms with Crippen molar-refractivity contribution in [3.8, 4) is 0 Å². The van der Waals surface area contributed by atoms with E-state index in [1.807, 2.05) is 36.4 Å². The molecule has 3 aromatic carbocycles. The first kappa shape index (κ1) is 39.3. The minimum Gasteiger partial charge on any atom is -0.365 e. The zero-order chi connectivity index (χ0) is 37.8. The Kier molecular flexibility index (Phi) is 13.9. The van der Waals surface area contributed by atoms with Gasteiger partial charge in [-0.1, -0.05) is 98.3 Å². The van der Waals surface area contributed by atoms with Gasteiger partial charge in [-0.3, -0.25) is 19.3 Å². The van der Waals surface area contributed by atoms with Crippen molar-refractivity contribution in [2.75, 3.05) is 26.2 Å². The van der Waals surface area contributed by atoms with Gasteiger partial charge in [-0.25, -0.2) is 19.4 Å². The number of carbonyl (C=O) groups is 5. The summed E-state index contributed by atoms with van der Waals surface area (Å²) in [6.45, 7) is 7.96. The van der Waals surface area contributed by atoms with E-state index < -0.39 is 23.3 Å². The largest absolute Gasteiger partial charge is 0.365 e. The molecular weight excluding hydrogens is 672 g/mol. The number of nitrogens with zero attached hydrogens (tertiary/aromatic N) is 2. The second kappa shape index (κ2) is 18.7. The molecule has 0 saturated carbocycles. The van der Waals surface area contributed by atoms with Crippen LogP contribution in [0.5, 0.6) is 0 Å². The minimum absolute atomic E-state index is 0.0435. The predicted molar refractivity (Wildman–Crippen MR) is 199 cm³/mol. The minimum atomic E-state index is -1.13. The van der Waals surface area contributed by atoms with E-state index in [9.17, 15) is 24.0 Å². The van der Waals surface area contributed by atoms with Gasteiger partial charge in [0.25, 0.3) is 11.8 Å². The number of hydrogen-bond donors (Lipinski definition) is 0. The summed E-state index contributed by atoms with van der Waals surface area (Å²) in [5.41, 5.74) is 2.37. The van der Waals surface area contributed by atoms with Crippen molar-refractivity contribution < 1.29 is 38.5 Å². The van der Waals surface area contributed by atoms with Crippen molar-refractivity contribution in [1.29, 1.82) is 0 Å². The van der Waals surface area contributed by atoms with E-state index in [4.69, 9.17) is 14.5 Å². The van der Waals surface area contributed by atoms with Crippen molar-refractivity contribution in [3.05, 3.63) is 119 Å². The Morgan fingerprint density at radius 1 is 0.755 bits per heavy atom. The first-order valence-electron chi connectivity index (χ1n) is 18.6. The van der Waals surface area contributed by atoms with Gasteiger partial charge in [0.1, 0.15) is 6.10 Å². The smallest absolute Gasteiger partial charge is 0.365 e.